The Balaban J connectivity index is 1.64. The molecule has 2 heterocycles. The van der Waals surface area contributed by atoms with E-state index >= 15 is 0 Å². The third kappa shape index (κ3) is 4.66. The van der Waals surface area contributed by atoms with Gasteiger partial charge in [-0.2, -0.15) is 4.98 Å². The summed E-state index contributed by atoms with van der Waals surface area (Å²) in [5.74, 6) is 1.25. The van der Waals surface area contributed by atoms with Gasteiger partial charge in [0.15, 0.2) is 0 Å². The molecule has 24 heavy (non-hydrogen) atoms. The second-order valence-electron chi connectivity index (χ2n) is 6.00. The average Bonchev–Trinajstić information content (AvgIpc) is 2.61. The molecule has 0 aliphatic carbocycles. The third-order valence-corrected chi connectivity index (χ3v) is 3.87. The molecule has 128 valence electrons. The molecule has 1 atom stereocenters. The molecule has 2 aromatic rings. The summed E-state index contributed by atoms with van der Waals surface area (Å²) in [5.41, 5.74) is 2.00. The van der Waals surface area contributed by atoms with E-state index < -0.39 is 0 Å². The molecular formula is C18H24N4O2. The van der Waals surface area contributed by atoms with Gasteiger partial charge in [0, 0.05) is 38.4 Å². The fourth-order valence-electron chi connectivity index (χ4n) is 2.62. The van der Waals surface area contributed by atoms with Crippen molar-refractivity contribution in [3.05, 3.63) is 47.7 Å². The fourth-order valence-corrected chi connectivity index (χ4v) is 2.62. The minimum atomic E-state index is 0.154. The fraction of sp³-hybridized carbons (Fsp3) is 0.444. The number of nitrogens with one attached hydrogen (secondary N) is 1. The van der Waals surface area contributed by atoms with Gasteiger partial charge >= 0.3 is 0 Å². The summed E-state index contributed by atoms with van der Waals surface area (Å²) in [5, 5.41) is 3.34. The molecule has 1 aliphatic heterocycles. The number of nitrogens with zero attached hydrogens (tertiary/aromatic N) is 3. The SMILES string of the molecule is Cc1cc(OCc2ccccc2)nc(N(C)CC2CNCCO2)n1. The first-order valence-corrected chi connectivity index (χ1v) is 8.26. The highest BCUT2D eigenvalue weighted by molar-refractivity contribution is 5.33. The highest BCUT2D eigenvalue weighted by Gasteiger charge is 2.17. The summed E-state index contributed by atoms with van der Waals surface area (Å²) in [7, 11) is 1.98. The quantitative estimate of drug-likeness (QED) is 0.872. The lowest BCUT2D eigenvalue weighted by molar-refractivity contribution is 0.0338. The van der Waals surface area contributed by atoms with Crippen molar-refractivity contribution >= 4 is 5.95 Å². The normalized spacial score (nSPS) is 17.5. The zero-order valence-corrected chi connectivity index (χ0v) is 14.2. The number of anilines is 1. The number of rotatable bonds is 6. The first-order chi connectivity index (χ1) is 11.7. The van der Waals surface area contributed by atoms with Gasteiger partial charge in [0.1, 0.15) is 6.61 Å². The van der Waals surface area contributed by atoms with Crippen molar-refractivity contribution in [2.24, 2.45) is 0 Å². The maximum absolute atomic E-state index is 5.83. The molecule has 3 rings (SSSR count). The number of hydrogen-bond donors (Lipinski definition) is 1. The van der Waals surface area contributed by atoms with E-state index in [0.717, 1.165) is 37.5 Å². The summed E-state index contributed by atoms with van der Waals surface area (Å²) >= 11 is 0. The van der Waals surface area contributed by atoms with E-state index in [1.807, 2.05) is 55.3 Å². The van der Waals surface area contributed by atoms with Crippen LogP contribution in [-0.2, 0) is 11.3 Å². The van der Waals surface area contributed by atoms with Crippen LogP contribution in [-0.4, -0.2) is 49.4 Å². The van der Waals surface area contributed by atoms with Gasteiger partial charge in [0.2, 0.25) is 11.8 Å². The molecule has 0 amide bonds. The Morgan fingerprint density at radius 2 is 2.12 bits per heavy atom. The van der Waals surface area contributed by atoms with Crippen molar-refractivity contribution in [3.8, 4) is 5.88 Å². The van der Waals surface area contributed by atoms with Crippen LogP contribution in [0.25, 0.3) is 0 Å². The number of aromatic nitrogens is 2. The van der Waals surface area contributed by atoms with Gasteiger partial charge in [-0.25, -0.2) is 4.98 Å². The molecule has 6 heteroatoms. The Bertz CT molecular complexity index is 645. The van der Waals surface area contributed by atoms with Gasteiger partial charge in [-0.15, -0.1) is 0 Å². The van der Waals surface area contributed by atoms with Crippen molar-refractivity contribution in [3.63, 3.8) is 0 Å². The first kappa shape index (κ1) is 16.7. The second-order valence-corrected chi connectivity index (χ2v) is 6.00. The van der Waals surface area contributed by atoms with E-state index in [2.05, 4.69) is 15.3 Å². The van der Waals surface area contributed by atoms with Crippen LogP contribution in [0.4, 0.5) is 5.95 Å². The summed E-state index contributed by atoms with van der Waals surface area (Å²) < 4.78 is 11.6. The molecule has 1 aliphatic rings. The highest BCUT2D eigenvalue weighted by Crippen LogP contribution is 2.16. The molecule has 1 aromatic carbocycles. The van der Waals surface area contributed by atoms with E-state index in [-0.39, 0.29) is 6.10 Å². The van der Waals surface area contributed by atoms with Crippen LogP contribution < -0.4 is 15.0 Å². The van der Waals surface area contributed by atoms with Crippen molar-refractivity contribution in [1.29, 1.82) is 0 Å². The predicted octanol–water partition coefficient (Wildman–Crippen LogP) is 1.79. The number of aryl methyl sites for hydroxylation is 1. The van der Waals surface area contributed by atoms with Gasteiger partial charge in [-0.3, -0.25) is 0 Å². The number of hydrogen-bond acceptors (Lipinski definition) is 6. The maximum Gasteiger partial charge on any atom is 0.228 e. The monoisotopic (exact) mass is 328 g/mol. The van der Waals surface area contributed by atoms with E-state index in [9.17, 15) is 0 Å². The maximum atomic E-state index is 5.83. The Kier molecular flexibility index (Phi) is 5.61. The standard InChI is InChI=1S/C18H24N4O2/c1-14-10-17(24-13-15-6-4-3-5-7-15)21-18(20-14)22(2)12-16-11-19-8-9-23-16/h3-7,10,16,19H,8-9,11-13H2,1-2H3. The number of morpholine rings is 1. The van der Waals surface area contributed by atoms with Crippen molar-refractivity contribution in [2.45, 2.75) is 19.6 Å². The van der Waals surface area contributed by atoms with Crippen LogP contribution >= 0.6 is 0 Å². The number of ether oxygens (including phenoxy) is 2. The summed E-state index contributed by atoms with van der Waals surface area (Å²) in [6.45, 7) is 5.71. The van der Waals surface area contributed by atoms with E-state index in [4.69, 9.17) is 9.47 Å². The van der Waals surface area contributed by atoms with Crippen molar-refractivity contribution < 1.29 is 9.47 Å². The molecule has 1 N–H and O–H groups in total. The van der Waals surface area contributed by atoms with Crippen LogP contribution in [0.3, 0.4) is 0 Å². The van der Waals surface area contributed by atoms with E-state index in [1.54, 1.807) is 0 Å². The molecule has 1 saturated heterocycles. The lowest BCUT2D eigenvalue weighted by Gasteiger charge is -2.28. The van der Waals surface area contributed by atoms with Crippen LogP contribution in [0.1, 0.15) is 11.3 Å². The summed E-state index contributed by atoms with van der Waals surface area (Å²) in [6, 6.07) is 11.9. The summed E-state index contributed by atoms with van der Waals surface area (Å²) in [4.78, 5) is 11.1. The minimum Gasteiger partial charge on any atom is -0.473 e. The molecule has 0 saturated carbocycles. The Labute approximate surface area is 142 Å². The van der Waals surface area contributed by atoms with Gasteiger partial charge in [-0.05, 0) is 12.5 Å². The number of likely N-dealkylation sites (N-methyl/N-ethyl adjacent to an activating group) is 1. The van der Waals surface area contributed by atoms with Gasteiger partial charge in [-0.1, -0.05) is 30.3 Å². The van der Waals surface area contributed by atoms with Gasteiger partial charge in [0.05, 0.1) is 12.7 Å². The Morgan fingerprint density at radius 1 is 1.29 bits per heavy atom. The third-order valence-electron chi connectivity index (χ3n) is 3.87. The van der Waals surface area contributed by atoms with Gasteiger partial charge in [0.25, 0.3) is 0 Å². The predicted molar refractivity (Wildman–Crippen MR) is 93.4 cm³/mol. The van der Waals surface area contributed by atoms with Crippen LogP contribution in [0.5, 0.6) is 5.88 Å². The average molecular weight is 328 g/mol. The molecule has 1 unspecified atom stereocenters. The van der Waals surface area contributed by atoms with Crippen LogP contribution in [0, 0.1) is 6.92 Å². The molecule has 1 fully saturated rings. The van der Waals surface area contributed by atoms with E-state index in [1.165, 1.54) is 0 Å². The lowest BCUT2D eigenvalue weighted by Crippen LogP contribution is -2.44. The zero-order valence-electron chi connectivity index (χ0n) is 14.2. The molecular weight excluding hydrogens is 304 g/mol. The minimum absolute atomic E-state index is 0.154. The van der Waals surface area contributed by atoms with Crippen LogP contribution in [0.2, 0.25) is 0 Å². The Morgan fingerprint density at radius 3 is 2.88 bits per heavy atom. The van der Waals surface area contributed by atoms with E-state index in [0.29, 0.717) is 18.4 Å². The topological polar surface area (TPSA) is 59.5 Å². The second kappa shape index (κ2) is 8.08. The van der Waals surface area contributed by atoms with Gasteiger partial charge < -0.3 is 19.7 Å². The van der Waals surface area contributed by atoms with Crippen LogP contribution in [0.15, 0.2) is 36.4 Å². The first-order valence-electron chi connectivity index (χ1n) is 8.26. The zero-order chi connectivity index (χ0) is 16.8. The molecule has 0 radical (unpaired) electrons. The number of benzene rings is 1. The highest BCUT2D eigenvalue weighted by atomic mass is 16.5. The smallest absolute Gasteiger partial charge is 0.228 e. The summed E-state index contributed by atoms with van der Waals surface area (Å²) in [6.07, 6.45) is 0.154. The lowest BCUT2D eigenvalue weighted by atomic mass is 10.2. The molecule has 0 spiro atoms. The van der Waals surface area contributed by atoms with Crippen molar-refractivity contribution in [2.75, 3.05) is 38.2 Å². The van der Waals surface area contributed by atoms with Crippen molar-refractivity contribution in [1.82, 2.24) is 15.3 Å². The molecule has 1 aromatic heterocycles. The molecule has 0 bridgehead atoms. The Hall–Kier alpha value is -2.18. The largest absolute Gasteiger partial charge is 0.473 e. The molecule has 6 nitrogen and oxygen atoms in total.